The van der Waals surface area contributed by atoms with Crippen LogP contribution in [-0.2, 0) is 4.74 Å². The van der Waals surface area contributed by atoms with Crippen molar-refractivity contribution in [3.05, 3.63) is 23.9 Å². The molecule has 5 heteroatoms. The summed E-state index contributed by atoms with van der Waals surface area (Å²) in [5.41, 5.74) is 5.66. The van der Waals surface area contributed by atoms with Crippen LogP contribution in [0.3, 0.4) is 0 Å². The lowest BCUT2D eigenvalue weighted by atomic mass is 10.1. The molecule has 0 spiro atoms. The number of rotatable bonds is 1. The Morgan fingerprint density at radius 3 is 2.89 bits per heavy atom. The Kier molecular flexibility index (Phi) is 3.26. The van der Waals surface area contributed by atoms with Crippen LogP contribution in [0.15, 0.2) is 18.2 Å². The molecule has 98 valence electrons. The zero-order chi connectivity index (χ0) is 13.3. The monoisotopic (exact) mass is 249 g/mol. The summed E-state index contributed by atoms with van der Waals surface area (Å²) in [6.45, 7) is 7.07. The van der Waals surface area contributed by atoms with Gasteiger partial charge >= 0.3 is 0 Å². The summed E-state index contributed by atoms with van der Waals surface area (Å²) in [5, 5.41) is 0. The van der Waals surface area contributed by atoms with Crippen LogP contribution in [-0.4, -0.2) is 40.6 Å². The van der Waals surface area contributed by atoms with Crippen LogP contribution >= 0.6 is 0 Å². The highest BCUT2D eigenvalue weighted by molar-refractivity contribution is 5.92. The van der Waals surface area contributed by atoms with Crippen molar-refractivity contribution in [1.29, 1.82) is 0 Å². The van der Waals surface area contributed by atoms with Crippen LogP contribution in [0, 0.1) is 0 Å². The van der Waals surface area contributed by atoms with Crippen LogP contribution in [0.4, 0.5) is 5.82 Å². The highest BCUT2D eigenvalue weighted by atomic mass is 16.5. The normalized spacial score (nSPS) is 22.8. The largest absolute Gasteiger partial charge is 0.384 e. The summed E-state index contributed by atoms with van der Waals surface area (Å²) in [4.78, 5) is 18.2. The highest BCUT2D eigenvalue weighted by Crippen LogP contribution is 2.22. The minimum Gasteiger partial charge on any atom is -0.384 e. The van der Waals surface area contributed by atoms with E-state index in [0.717, 1.165) is 0 Å². The Morgan fingerprint density at radius 2 is 2.28 bits per heavy atom. The summed E-state index contributed by atoms with van der Waals surface area (Å²) in [7, 11) is 0. The summed E-state index contributed by atoms with van der Waals surface area (Å²) >= 11 is 0. The van der Waals surface area contributed by atoms with Crippen molar-refractivity contribution in [3.63, 3.8) is 0 Å². The van der Waals surface area contributed by atoms with Gasteiger partial charge in [0.25, 0.3) is 5.91 Å². The zero-order valence-corrected chi connectivity index (χ0v) is 11.0. The van der Waals surface area contributed by atoms with Gasteiger partial charge in [0, 0.05) is 13.1 Å². The molecule has 1 aliphatic rings. The van der Waals surface area contributed by atoms with Crippen molar-refractivity contribution >= 4 is 11.7 Å². The Labute approximate surface area is 107 Å². The number of anilines is 1. The number of hydrogen-bond acceptors (Lipinski definition) is 4. The Bertz CT molecular complexity index is 459. The number of nitrogen functional groups attached to an aromatic ring is 1. The zero-order valence-electron chi connectivity index (χ0n) is 11.0. The minimum atomic E-state index is -0.326. The van der Waals surface area contributed by atoms with E-state index in [4.69, 9.17) is 10.5 Å². The third-order valence-electron chi connectivity index (χ3n) is 2.85. The fourth-order valence-corrected chi connectivity index (χ4v) is 2.34. The molecule has 0 aliphatic carbocycles. The number of hydrogen-bond donors (Lipinski definition) is 1. The van der Waals surface area contributed by atoms with Crippen LogP contribution in [0.2, 0.25) is 0 Å². The van der Waals surface area contributed by atoms with Crippen molar-refractivity contribution < 1.29 is 9.53 Å². The van der Waals surface area contributed by atoms with Gasteiger partial charge in [-0.2, -0.15) is 0 Å². The predicted molar refractivity (Wildman–Crippen MR) is 69.2 cm³/mol. The number of morpholine rings is 1. The van der Waals surface area contributed by atoms with Gasteiger partial charge in [0.1, 0.15) is 11.5 Å². The molecule has 1 atom stereocenters. The molecule has 0 aromatic carbocycles. The molecule has 1 aliphatic heterocycles. The number of pyridine rings is 1. The molecule has 1 unspecified atom stereocenters. The average Bonchev–Trinajstić information content (AvgIpc) is 2.25. The molecule has 1 aromatic rings. The SMILES string of the molecule is CC1CN(C(=O)c2cccc(N)n2)CC(C)(C)O1. The van der Waals surface area contributed by atoms with Gasteiger partial charge < -0.3 is 15.4 Å². The summed E-state index contributed by atoms with van der Waals surface area (Å²) in [6.07, 6.45) is 0.0266. The van der Waals surface area contributed by atoms with Crippen LogP contribution < -0.4 is 5.73 Å². The number of nitrogens with zero attached hydrogens (tertiary/aromatic N) is 2. The van der Waals surface area contributed by atoms with E-state index >= 15 is 0 Å². The van der Waals surface area contributed by atoms with Crippen molar-refractivity contribution in [1.82, 2.24) is 9.88 Å². The number of carbonyl (C=O) groups is 1. The van der Waals surface area contributed by atoms with Gasteiger partial charge in [0.15, 0.2) is 0 Å². The van der Waals surface area contributed by atoms with Crippen LogP contribution in [0.5, 0.6) is 0 Å². The van der Waals surface area contributed by atoms with E-state index in [1.165, 1.54) is 0 Å². The van der Waals surface area contributed by atoms with Crippen LogP contribution in [0.25, 0.3) is 0 Å². The van der Waals surface area contributed by atoms with E-state index in [2.05, 4.69) is 4.98 Å². The second kappa shape index (κ2) is 4.57. The third-order valence-corrected chi connectivity index (χ3v) is 2.85. The van der Waals surface area contributed by atoms with E-state index < -0.39 is 0 Å². The lowest BCUT2D eigenvalue weighted by Crippen LogP contribution is -2.53. The fourth-order valence-electron chi connectivity index (χ4n) is 2.34. The minimum absolute atomic E-state index is 0.0266. The Hall–Kier alpha value is -1.62. The average molecular weight is 249 g/mol. The molecule has 1 amide bonds. The number of amides is 1. The third kappa shape index (κ3) is 2.79. The molecule has 2 rings (SSSR count). The van der Waals surface area contributed by atoms with Crippen molar-refractivity contribution in [3.8, 4) is 0 Å². The van der Waals surface area contributed by atoms with Gasteiger partial charge in [-0.1, -0.05) is 6.07 Å². The van der Waals surface area contributed by atoms with Gasteiger partial charge in [-0.3, -0.25) is 4.79 Å². The summed E-state index contributed by atoms with van der Waals surface area (Å²) < 4.78 is 5.77. The van der Waals surface area contributed by atoms with Crippen molar-refractivity contribution in [2.75, 3.05) is 18.8 Å². The molecule has 1 saturated heterocycles. The number of carbonyl (C=O) groups excluding carboxylic acids is 1. The standard InChI is InChI=1S/C13H19N3O2/c1-9-7-16(8-13(2,3)18-9)12(17)10-5-4-6-11(14)15-10/h4-6,9H,7-8H2,1-3H3,(H2,14,15). The first-order valence-corrected chi connectivity index (χ1v) is 6.07. The van der Waals surface area contributed by atoms with Crippen molar-refractivity contribution in [2.45, 2.75) is 32.5 Å². The second-order valence-electron chi connectivity index (χ2n) is 5.32. The topological polar surface area (TPSA) is 68.5 Å². The molecule has 1 aromatic heterocycles. The maximum atomic E-state index is 12.3. The molecular formula is C13H19N3O2. The van der Waals surface area contributed by atoms with Gasteiger partial charge in [-0.05, 0) is 32.9 Å². The van der Waals surface area contributed by atoms with E-state index in [0.29, 0.717) is 24.6 Å². The van der Waals surface area contributed by atoms with Gasteiger partial charge in [-0.25, -0.2) is 4.98 Å². The van der Waals surface area contributed by atoms with Gasteiger partial charge in [-0.15, -0.1) is 0 Å². The lowest BCUT2D eigenvalue weighted by Gasteiger charge is -2.41. The maximum Gasteiger partial charge on any atom is 0.272 e. The van der Waals surface area contributed by atoms with Gasteiger partial charge in [0.05, 0.1) is 11.7 Å². The predicted octanol–water partition coefficient (Wildman–Crippen LogP) is 1.30. The van der Waals surface area contributed by atoms with E-state index in [9.17, 15) is 4.79 Å². The molecule has 18 heavy (non-hydrogen) atoms. The lowest BCUT2D eigenvalue weighted by molar-refractivity contribution is -0.118. The molecule has 1 fully saturated rings. The molecule has 0 bridgehead atoms. The number of aromatic nitrogens is 1. The quantitative estimate of drug-likeness (QED) is 0.814. The molecule has 0 saturated carbocycles. The Balaban J connectivity index is 2.18. The summed E-state index contributed by atoms with van der Waals surface area (Å²) in [5.74, 6) is 0.270. The maximum absolute atomic E-state index is 12.3. The molecule has 2 N–H and O–H groups in total. The first kappa shape index (κ1) is 12.8. The molecule has 0 radical (unpaired) electrons. The van der Waals surface area contributed by atoms with E-state index in [-0.39, 0.29) is 17.6 Å². The molecule has 2 heterocycles. The summed E-state index contributed by atoms with van der Waals surface area (Å²) in [6, 6.07) is 5.10. The highest BCUT2D eigenvalue weighted by Gasteiger charge is 2.34. The molecular weight excluding hydrogens is 230 g/mol. The first-order chi connectivity index (χ1) is 8.37. The smallest absolute Gasteiger partial charge is 0.272 e. The Morgan fingerprint density at radius 1 is 1.56 bits per heavy atom. The second-order valence-corrected chi connectivity index (χ2v) is 5.32. The van der Waals surface area contributed by atoms with Gasteiger partial charge in [0.2, 0.25) is 0 Å². The van der Waals surface area contributed by atoms with E-state index in [1.54, 1.807) is 23.1 Å². The fraction of sp³-hybridized carbons (Fsp3) is 0.538. The van der Waals surface area contributed by atoms with E-state index in [1.807, 2.05) is 20.8 Å². The molecule has 5 nitrogen and oxygen atoms in total. The van der Waals surface area contributed by atoms with Crippen molar-refractivity contribution in [2.24, 2.45) is 0 Å². The number of ether oxygens (including phenoxy) is 1. The first-order valence-electron chi connectivity index (χ1n) is 6.07. The number of nitrogens with two attached hydrogens (primary N) is 1. The van der Waals surface area contributed by atoms with Crippen LogP contribution in [0.1, 0.15) is 31.3 Å².